The van der Waals surface area contributed by atoms with Crippen LogP contribution in [0.3, 0.4) is 0 Å². The number of likely N-dealkylation sites (tertiary alicyclic amines) is 1. The van der Waals surface area contributed by atoms with Crippen LogP contribution < -0.4 is 25.8 Å². The predicted octanol–water partition coefficient (Wildman–Crippen LogP) is 3.19. The van der Waals surface area contributed by atoms with Gasteiger partial charge in [-0.2, -0.15) is 0 Å². The van der Waals surface area contributed by atoms with Gasteiger partial charge in [0.25, 0.3) is 17.5 Å². The maximum Gasteiger partial charge on any atom is 0.319 e. The predicted molar refractivity (Wildman–Crippen MR) is 158 cm³/mol. The van der Waals surface area contributed by atoms with Crippen LogP contribution in [-0.4, -0.2) is 58.7 Å². The number of carbonyl (C=O) groups excluding carboxylic acids is 4. The number of methoxy groups -OCH3 is 2. The van der Waals surface area contributed by atoms with Crippen molar-refractivity contribution in [2.75, 3.05) is 25.3 Å². The number of hydrogen-bond acceptors (Lipinski definition) is 9. The van der Waals surface area contributed by atoms with Crippen molar-refractivity contribution in [2.45, 2.75) is 38.5 Å². The standard InChI is InChI=1S/C30H30N6O8/c1-43-25-12-19(24(36(41)42)13-26(25)44-2)16-35-27(37)10-9-23(29(35)39)34-15-18-11-17(3-8-22(18)28(34)38)14-32-30(40)33-21-6-4-20(31)5-7-21/h3-8,11-13,23H,9-10,14-16,31H2,1-2H3,(H2,32,33,40). The summed E-state index contributed by atoms with van der Waals surface area (Å²) in [4.78, 5) is 65.7. The minimum Gasteiger partial charge on any atom is -0.493 e. The molecule has 0 spiro atoms. The number of nitro benzene ring substituents is 1. The summed E-state index contributed by atoms with van der Waals surface area (Å²) in [5, 5.41) is 17.3. The van der Waals surface area contributed by atoms with Gasteiger partial charge in [0.05, 0.1) is 37.3 Å². The van der Waals surface area contributed by atoms with E-state index in [2.05, 4.69) is 10.6 Å². The third-order valence-electron chi connectivity index (χ3n) is 7.59. The molecule has 4 N–H and O–H groups in total. The third kappa shape index (κ3) is 5.95. The van der Waals surface area contributed by atoms with Crippen molar-refractivity contribution in [3.05, 3.63) is 87.0 Å². The highest BCUT2D eigenvalue weighted by Crippen LogP contribution is 2.36. The van der Waals surface area contributed by atoms with E-state index in [1.807, 2.05) is 0 Å². The molecule has 14 heteroatoms. The molecular formula is C30H30N6O8. The van der Waals surface area contributed by atoms with Gasteiger partial charge in [-0.05, 0) is 53.9 Å². The first-order chi connectivity index (χ1) is 21.1. The van der Waals surface area contributed by atoms with Gasteiger partial charge in [0.2, 0.25) is 5.91 Å². The van der Waals surface area contributed by atoms with Crippen LogP contribution in [0.2, 0.25) is 0 Å². The van der Waals surface area contributed by atoms with Crippen LogP contribution in [0.25, 0.3) is 0 Å². The number of nitrogens with two attached hydrogens (primary N) is 1. The Morgan fingerprint density at radius 3 is 2.43 bits per heavy atom. The van der Waals surface area contributed by atoms with E-state index in [0.29, 0.717) is 22.5 Å². The fraction of sp³-hybridized carbons (Fsp3) is 0.267. The number of nitrogens with one attached hydrogen (secondary N) is 2. The van der Waals surface area contributed by atoms with Crippen LogP contribution in [0.1, 0.15) is 39.9 Å². The number of piperidine rings is 1. The number of anilines is 2. The van der Waals surface area contributed by atoms with Crippen LogP contribution in [0, 0.1) is 10.1 Å². The Morgan fingerprint density at radius 2 is 1.75 bits per heavy atom. The molecule has 5 rings (SSSR count). The number of carbonyl (C=O) groups is 4. The third-order valence-corrected chi connectivity index (χ3v) is 7.59. The highest BCUT2D eigenvalue weighted by molar-refractivity contribution is 6.05. The molecule has 0 bridgehead atoms. The van der Waals surface area contributed by atoms with Crippen molar-refractivity contribution in [1.29, 1.82) is 0 Å². The molecule has 3 aromatic rings. The average molecular weight is 603 g/mol. The molecule has 1 fully saturated rings. The van der Waals surface area contributed by atoms with Crippen LogP contribution >= 0.6 is 0 Å². The zero-order valence-electron chi connectivity index (χ0n) is 24.0. The number of benzene rings is 3. The zero-order chi connectivity index (χ0) is 31.5. The largest absolute Gasteiger partial charge is 0.493 e. The van der Waals surface area contributed by atoms with Crippen LogP contribution in [0.5, 0.6) is 11.5 Å². The number of nitrogen functional groups attached to an aromatic ring is 1. The maximum atomic E-state index is 13.6. The number of rotatable bonds is 9. The van der Waals surface area contributed by atoms with Crippen molar-refractivity contribution in [3.8, 4) is 11.5 Å². The SMILES string of the molecule is COc1cc(CN2C(=O)CCC(N3Cc4cc(CNC(=O)Nc5ccc(N)cc5)ccc4C3=O)C2=O)c([N+](=O)[O-])cc1OC. The Hall–Kier alpha value is -5.66. The van der Waals surface area contributed by atoms with Crippen molar-refractivity contribution in [1.82, 2.24) is 15.1 Å². The number of imide groups is 1. The van der Waals surface area contributed by atoms with Gasteiger partial charge in [-0.3, -0.25) is 29.4 Å². The quantitative estimate of drug-likeness (QED) is 0.143. The summed E-state index contributed by atoms with van der Waals surface area (Å²) >= 11 is 0. The van der Waals surface area contributed by atoms with E-state index in [1.165, 1.54) is 31.3 Å². The zero-order valence-corrected chi connectivity index (χ0v) is 24.0. The number of nitrogens with zero attached hydrogens (tertiary/aromatic N) is 3. The Morgan fingerprint density at radius 1 is 1.05 bits per heavy atom. The number of amides is 5. The van der Waals surface area contributed by atoms with Crippen LogP contribution in [0.4, 0.5) is 21.9 Å². The number of fused-ring (bicyclic) bond motifs is 1. The summed E-state index contributed by atoms with van der Waals surface area (Å²) in [5.41, 5.74) is 8.43. The minimum absolute atomic E-state index is 0.0179. The summed E-state index contributed by atoms with van der Waals surface area (Å²) in [5.74, 6) is -1.13. The van der Waals surface area contributed by atoms with Crippen molar-refractivity contribution >= 4 is 40.8 Å². The number of ether oxygens (including phenoxy) is 2. The maximum absolute atomic E-state index is 13.6. The molecule has 0 saturated carbocycles. The van der Waals surface area contributed by atoms with Crippen LogP contribution in [-0.2, 0) is 29.2 Å². The molecule has 0 aliphatic carbocycles. The van der Waals surface area contributed by atoms with E-state index in [9.17, 15) is 29.3 Å². The lowest BCUT2D eigenvalue weighted by molar-refractivity contribution is -0.385. The fourth-order valence-corrected chi connectivity index (χ4v) is 5.34. The van der Waals surface area contributed by atoms with E-state index in [-0.39, 0.29) is 61.1 Å². The van der Waals surface area contributed by atoms with Gasteiger partial charge < -0.3 is 30.7 Å². The van der Waals surface area contributed by atoms with Gasteiger partial charge in [-0.1, -0.05) is 12.1 Å². The van der Waals surface area contributed by atoms with E-state index in [4.69, 9.17) is 15.2 Å². The lowest BCUT2D eigenvalue weighted by Gasteiger charge is -2.35. The van der Waals surface area contributed by atoms with Crippen molar-refractivity contribution < 1.29 is 33.6 Å². The molecule has 2 aliphatic rings. The van der Waals surface area contributed by atoms with Gasteiger partial charge in [-0.25, -0.2) is 4.79 Å². The highest BCUT2D eigenvalue weighted by Gasteiger charge is 2.43. The molecule has 14 nitrogen and oxygen atoms in total. The number of nitro groups is 1. The normalized spacial score (nSPS) is 16.0. The number of urea groups is 1. The molecule has 2 aliphatic heterocycles. The van der Waals surface area contributed by atoms with Gasteiger partial charge >= 0.3 is 6.03 Å². The first-order valence-corrected chi connectivity index (χ1v) is 13.7. The molecule has 3 aromatic carbocycles. The molecular weight excluding hydrogens is 572 g/mol. The number of hydrogen-bond donors (Lipinski definition) is 3. The molecule has 0 radical (unpaired) electrons. The van der Waals surface area contributed by atoms with Crippen LogP contribution in [0.15, 0.2) is 54.6 Å². The monoisotopic (exact) mass is 602 g/mol. The van der Waals surface area contributed by atoms with E-state index < -0.39 is 28.8 Å². The lowest BCUT2D eigenvalue weighted by atomic mass is 10.0. The molecule has 5 amide bonds. The topological polar surface area (TPSA) is 186 Å². The Bertz CT molecular complexity index is 1660. The van der Waals surface area contributed by atoms with Gasteiger partial charge in [0, 0.05) is 36.4 Å². The Labute approximate surface area is 251 Å². The molecule has 44 heavy (non-hydrogen) atoms. The van der Waals surface area contributed by atoms with E-state index in [0.717, 1.165) is 10.5 Å². The van der Waals surface area contributed by atoms with Crippen molar-refractivity contribution in [3.63, 3.8) is 0 Å². The Kier molecular flexibility index (Phi) is 8.33. The van der Waals surface area contributed by atoms with Gasteiger partial charge in [0.15, 0.2) is 11.5 Å². The minimum atomic E-state index is -0.931. The van der Waals surface area contributed by atoms with Gasteiger partial charge in [0.1, 0.15) is 6.04 Å². The second-order valence-corrected chi connectivity index (χ2v) is 10.3. The summed E-state index contributed by atoms with van der Waals surface area (Å²) in [7, 11) is 2.71. The molecule has 1 atom stereocenters. The van der Waals surface area contributed by atoms with E-state index in [1.54, 1.807) is 42.5 Å². The first kappa shape index (κ1) is 29.8. The summed E-state index contributed by atoms with van der Waals surface area (Å²) < 4.78 is 10.4. The molecule has 0 aromatic heterocycles. The van der Waals surface area contributed by atoms with E-state index >= 15 is 0 Å². The van der Waals surface area contributed by atoms with Crippen molar-refractivity contribution in [2.24, 2.45) is 0 Å². The average Bonchev–Trinajstić information content (AvgIpc) is 3.33. The first-order valence-electron chi connectivity index (χ1n) is 13.7. The second kappa shape index (κ2) is 12.3. The summed E-state index contributed by atoms with van der Waals surface area (Å²) in [6.07, 6.45) is 0.109. The second-order valence-electron chi connectivity index (χ2n) is 10.3. The Balaban J connectivity index is 1.28. The smallest absolute Gasteiger partial charge is 0.319 e. The molecule has 1 unspecified atom stereocenters. The lowest BCUT2D eigenvalue weighted by Crippen LogP contribution is -2.54. The fourth-order valence-electron chi connectivity index (χ4n) is 5.34. The molecule has 1 saturated heterocycles. The highest BCUT2D eigenvalue weighted by atomic mass is 16.6. The summed E-state index contributed by atoms with van der Waals surface area (Å²) in [6, 6.07) is 13.1. The summed E-state index contributed by atoms with van der Waals surface area (Å²) in [6.45, 7) is -0.0420. The molecule has 2 heterocycles. The molecule has 228 valence electrons. The van der Waals surface area contributed by atoms with Gasteiger partial charge in [-0.15, -0.1) is 0 Å².